The number of rotatable bonds is 4. The number of nitrogens with zero attached hydrogens (tertiary/aromatic N) is 2. The maximum Gasteiger partial charge on any atom is 0.275 e. The molecule has 5 nitrogen and oxygen atoms in total. The lowest BCUT2D eigenvalue weighted by Crippen LogP contribution is -2.14. The number of hydrogen-bond acceptors (Lipinski definition) is 4. The summed E-state index contributed by atoms with van der Waals surface area (Å²) in [6.45, 7) is 0.572. The molecule has 0 atom stereocenters. The number of aromatic nitrogens is 2. The number of benzene rings is 1. The average molecular weight is 279 g/mol. The largest absolute Gasteiger partial charge is 0.445 e. The van der Waals surface area contributed by atoms with Crippen LogP contribution in [0.5, 0.6) is 5.88 Å². The molecule has 2 rings (SSSR count). The molecule has 1 heterocycles. The third kappa shape index (κ3) is 3.25. The highest BCUT2D eigenvalue weighted by atomic mass is 19.1. The van der Waals surface area contributed by atoms with Gasteiger partial charge in [-0.1, -0.05) is 0 Å². The summed E-state index contributed by atoms with van der Waals surface area (Å²) in [6.07, 6.45) is 2.31. The molecule has 0 radical (unpaired) electrons. The number of halogens is 2. The van der Waals surface area contributed by atoms with Crippen molar-refractivity contribution in [3.63, 3.8) is 0 Å². The van der Waals surface area contributed by atoms with Crippen LogP contribution in [0, 0.1) is 12.7 Å². The number of nitrogens with one attached hydrogen (secondary N) is 1. The Morgan fingerprint density at radius 1 is 1.35 bits per heavy atom. The fourth-order valence-corrected chi connectivity index (χ4v) is 1.48. The quantitative estimate of drug-likeness (QED) is 0.933. The molecule has 0 fully saturated rings. The molecule has 20 heavy (non-hydrogen) atoms. The molecule has 0 saturated carbocycles. The van der Waals surface area contributed by atoms with Crippen LogP contribution in [0.25, 0.3) is 0 Å². The van der Waals surface area contributed by atoms with Crippen LogP contribution >= 0.6 is 0 Å². The number of amides is 1. The van der Waals surface area contributed by atoms with Crippen molar-refractivity contribution in [3.05, 3.63) is 47.7 Å². The molecule has 1 aromatic carbocycles. The summed E-state index contributed by atoms with van der Waals surface area (Å²) in [5, 5.41) is 2.55. The van der Waals surface area contributed by atoms with Crippen LogP contribution in [-0.2, 0) is 0 Å². The van der Waals surface area contributed by atoms with Crippen LogP contribution in [0.2, 0.25) is 0 Å². The predicted octanol–water partition coefficient (Wildman–Crippen LogP) is 2.48. The lowest BCUT2D eigenvalue weighted by atomic mass is 10.2. The van der Waals surface area contributed by atoms with Gasteiger partial charge < -0.3 is 10.1 Å². The lowest BCUT2D eigenvalue weighted by molar-refractivity contribution is 0.102. The minimum absolute atomic E-state index is 0.0123. The Balaban J connectivity index is 2.09. The zero-order valence-corrected chi connectivity index (χ0v) is 10.6. The third-order valence-corrected chi connectivity index (χ3v) is 2.48. The molecule has 1 amide bonds. The summed E-state index contributed by atoms with van der Waals surface area (Å²) in [7, 11) is 0. The van der Waals surface area contributed by atoms with Gasteiger partial charge in [-0.05, 0) is 30.7 Å². The summed E-state index contributed by atoms with van der Waals surface area (Å²) >= 11 is 0. The zero-order valence-electron chi connectivity index (χ0n) is 10.6. The molecule has 0 aliphatic rings. The van der Waals surface area contributed by atoms with E-state index in [-0.39, 0.29) is 17.4 Å². The number of carbonyl (C=O) groups is 1. The third-order valence-electron chi connectivity index (χ3n) is 2.48. The van der Waals surface area contributed by atoms with E-state index in [0.29, 0.717) is 11.3 Å². The molecular weight excluding hydrogens is 268 g/mol. The summed E-state index contributed by atoms with van der Waals surface area (Å²) in [5.41, 5.74) is 0.901. The highest BCUT2D eigenvalue weighted by molar-refractivity contribution is 6.02. The van der Waals surface area contributed by atoms with Crippen molar-refractivity contribution in [1.29, 1.82) is 0 Å². The van der Waals surface area contributed by atoms with Crippen LogP contribution in [0.1, 0.15) is 16.1 Å². The first kappa shape index (κ1) is 13.9. The maximum atomic E-state index is 13.1. The smallest absolute Gasteiger partial charge is 0.275 e. The first-order valence-electron chi connectivity index (χ1n) is 5.68. The SMILES string of the molecule is Cc1cc(NC(=O)c2cnc(OCF)cn2)ccc1F. The minimum atomic E-state index is -1.02. The summed E-state index contributed by atoms with van der Waals surface area (Å²) in [4.78, 5) is 19.4. The lowest BCUT2D eigenvalue weighted by Gasteiger charge is -2.06. The van der Waals surface area contributed by atoms with E-state index >= 15 is 0 Å². The van der Waals surface area contributed by atoms with Crippen molar-refractivity contribution in [2.24, 2.45) is 0 Å². The van der Waals surface area contributed by atoms with Crippen molar-refractivity contribution in [1.82, 2.24) is 9.97 Å². The van der Waals surface area contributed by atoms with Gasteiger partial charge in [0.15, 0.2) is 0 Å². The summed E-state index contributed by atoms with van der Waals surface area (Å²) < 4.78 is 29.5. The van der Waals surface area contributed by atoms with Crippen LogP contribution < -0.4 is 10.1 Å². The number of ether oxygens (including phenoxy) is 1. The Hall–Kier alpha value is -2.57. The van der Waals surface area contributed by atoms with Crippen LogP contribution in [0.15, 0.2) is 30.6 Å². The van der Waals surface area contributed by atoms with Crippen LogP contribution in [0.4, 0.5) is 14.5 Å². The number of hydrogen-bond donors (Lipinski definition) is 1. The summed E-state index contributed by atoms with van der Waals surface area (Å²) in [5.74, 6) is -0.868. The standard InChI is InChI=1S/C13H11F2N3O2/c1-8-4-9(2-3-10(8)15)18-13(19)11-5-17-12(6-16-11)20-7-14/h2-6H,7H2,1H3,(H,18,19). The number of anilines is 1. The second-order valence-corrected chi connectivity index (χ2v) is 3.91. The molecule has 0 bridgehead atoms. The van der Waals surface area contributed by atoms with E-state index in [1.807, 2.05) is 0 Å². The van der Waals surface area contributed by atoms with E-state index in [4.69, 9.17) is 0 Å². The maximum absolute atomic E-state index is 13.1. The molecule has 0 spiro atoms. The van der Waals surface area contributed by atoms with Gasteiger partial charge >= 0.3 is 0 Å². The predicted molar refractivity (Wildman–Crippen MR) is 67.7 cm³/mol. The van der Waals surface area contributed by atoms with Gasteiger partial charge in [-0.25, -0.2) is 18.7 Å². The van der Waals surface area contributed by atoms with Gasteiger partial charge in [-0.3, -0.25) is 4.79 Å². The number of aryl methyl sites for hydroxylation is 1. The molecule has 0 unspecified atom stereocenters. The van der Waals surface area contributed by atoms with Crippen molar-refractivity contribution < 1.29 is 18.3 Å². The summed E-state index contributed by atoms with van der Waals surface area (Å²) in [6, 6.07) is 4.20. The van der Waals surface area contributed by atoms with E-state index < -0.39 is 12.8 Å². The van der Waals surface area contributed by atoms with Gasteiger partial charge in [-0.2, -0.15) is 0 Å². The van der Waals surface area contributed by atoms with E-state index in [0.717, 1.165) is 12.4 Å². The zero-order chi connectivity index (χ0) is 14.5. The van der Waals surface area contributed by atoms with Gasteiger partial charge in [0.05, 0.1) is 12.4 Å². The normalized spacial score (nSPS) is 10.2. The Kier molecular flexibility index (Phi) is 4.19. The Labute approximate surface area is 113 Å². The molecule has 1 aromatic heterocycles. The second kappa shape index (κ2) is 6.05. The molecule has 0 saturated heterocycles. The minimum Gasteiger partial charge on any atom is -0.445 e. The first-order valence-corrected chi connectivity index (χ1v) is 5.68. The topological polar surface area (TPSA) is 64.1 Å². The second-order valence-electron chi connectivity index (χ2n) is 3.91. The van der Waals surface area contributed by atoms with Crippen molar-refractivity contribution >= 4 is 11.6 Å². The molecule has 2 aromatic rings. The van der Waals surface area contributed by atoms with E-state index in [1.54, 1.807) is 6.92 Å². The van der Waals surface area contributed by atoms with Gasteiger partial charge in [0.1, 0.15) is 11.5 Å². The van der Waals surface area contributed by atoms with E-state index in [2.05, 4.69) is 20.0 Å². The van der Waals surface area contributed by atoms with E-state index in [9.17, 15) is 13.6 Å². The molecule has 1 N–H and O–H groups in total. The highest BCUT2D eigenvalue weighted by Crippen LogP contribution is 2.14. The van der Waals surface area contributed by atoms with Gasteiger partial charge in [-0.15, -0.1) is 0 Å². The number of alkyl halides is 1. The Morgan fingerprint density at radius 2 is 2.15 bits per heavy atom. The number of carbonyl (C=O) groups excluding carboxylic acids is 1. The van der Waals surface area contributed by atoms with Crippen molar-refractivity contribution in [3.8, 4) is 5.88 Å². The van der Waals surface area contributed by atoms with Crippen LogP contribution in [0.3, 0.4) is 0 Å². The monoisotopic (exact) mass is 279 g/mol. The average Bonchev–Trinajstić information content (AvgIpc) is 2.44. The fraction of sp³-hybridized carbons (Fsp3) is 0.154. The van der Waals surface area contributed by atoms with Gasteiger partial charge in [0.2, 0.25) is 12.7 Å². The fourth-order valence-electron chi connectivity index (χ4n) is 1.48. The molecule has 7 heteroatoms. The van der Waals surface area contributed by atoms with Crippen LogP contribution in [-0.4, -0.2) is 22.7 Å². The molecule has 0 aliphatic carbocycles. The highest BCUT2D eigenvalue weighted by Gasteiger charge is 2.09. The van der Waals surface area contributed by atoms with Gasteiger partial charge in [0.25, 0.3) is 5.91 Å². The van der Waals surface area contributed by atoms with E-state index in [1.165, 1.54) is 18.2 Å². The Bertz CT molecular complexity index is 618. The van der Waals surface area contributed by atoms with Crippen molar-refractivity contribution in [2.75, 3.05) is 12.2 Å². The van der Waals surface area contributed by atoms with Gasteiger partial charge in [0, 0.05) is 5.69 Å². The first-order chi connectivity index (χ1) is 9.60. The Morgan fingerprint density at radius 3 is 2.75 bits per heavy atom. The molecular formula is C13H11F2N3O2. The van der Waals surface area contributed by atoms with Crippen molar-refractivity contribution in [2.45, 2.75) is 6.92 Å². The molecule has 104 valence electrons. The molecule has 0 aliphatic heterocycles.